The Morgan fingerprint density at radius 3 is 2.56 bits per heavy atom. The highest BCUT2D eigenvalue weighted by molar-refractivity contribution is 5.59. The number of nitrogens with one attached hydrogen (secondary N) is 2. The third-order valence-electron chi connectivity index (χ3n) is 3.88. The molecule has 134 valence electrons. The van der Waals surface area contributed by atoms with Crippen LogP contribution in [0.2, 0.25) is 0 Å². The molecule has 0 amide bonds. The summed E-state index contributed by atoms with van der Waals surface area (Å²) in [4.78, 5) is 10.8. The number of hydrogen-bond donors (Lipinski definition) is 2. The molecule has 1 aromatic carbocycles. The predicted octanol–water partition coefficient (Wildman–Crippen LogP) is 3.49. The lowest BCUT2D eigenvalue weighted by Gasteiger charge is -2.13. The second kappa shape index (κ2) is 7.26. The lowest BCUT2D eigenvalue weighted by molar-refractivity contribution is 0.425. The number of hydrogen-bond acceptors (Lipinski definition) is 5. The van der Waals surface area contributed by atoms with Crippen molar-refractivity contribution >= 4 is 17.5 Å². The molecule has 1 saturated carbocycles. The van der Waals surface area contributed by atoms with Gasteiger partial charge in [-0.3, -0.25) is 0 Å². The summed E-state index contributed by atoms with van der Waals surface area (Å²) >= 11 is 0. The predicted molar refractivity (Wildman–Crippen MR) is 90.6 cm³/mol. The molecule has 0 saturated heterocycles. The van der Waals surface area contributed by atoms with Crippen molar-refractivity contribution in [1.29, 1.82) is 0 Å². The van der Waals surface area contributed by atoms with E-state index in [1.165, 1.54) is 0 Å². The molecule has 1 aliphatic carbocycles. The summed E-state index contributed by atoms with van der Waals surface area (Å²) in [6, 6.07) is 3.74. The molecular weight excluding hydrogens is 331 g/mol. The van der Waals surface area contributed by atoms with E-state index < -0.39 is 17.5 Å². The smallest absolute Gasteiger partial charge is 0.224 e. The van der Waals surface area contributed by atoms with Gasteiger partial charge in [-0.05, 0) is 39.1 Å². The molecule has 1 heterocycles. The van der Waals surface area contributed by atoms with Crippen molar-refractivity contribution in [3.8, 4) is 0 Å². The van der Waals surface area contributed by atoms with Gasteiger partial charge in [-0.15, -0.1) is 0 Å². The lowest BCUT2D eigenvalue weighted by atomic mass is 10.2. The maximum atomic E-state index is 13.9. The van der Waals surface area contributed by atoms with Crippen LogP contribution in [0, 0.1) is 17.5 Å². The van der Waals surface area contributed by atoms with Gasteiger partial charge in [-0.2, -0.15) is 4.98 Å². The normalized spacial score (nSPS) is 14.0. The summed E-state index contributed by atoms with van der Waals surface area (Å²) in [7, 11) is 3.92. The summed E-state index contributed by atoms with van der Waals surface area (Å²) in [5.41, 5.74) is 0.687. The third kappa shape index (κ3) is 4.39. The van der Waals surface area contributed by atoms with Crippen molar-refractivity contribution in [1.82, 2.24) is 14.9 Å². The first kappa shape index (κ1) is 17.5. The second-order valence-electron chi connectivity index (χ2n) is 6.35. The van der Waals surface area contributed by atoms with Crippen LogP contribution >= 0.6 is 0 Å². The van der Waals surface area contributed by atoms with Crippen LogP contribution in [0.25, 0.3) is 0 Å². The fraction of sp³-hybridized carbons (Fsp3) is 0.412. The van der Waals surface area contributed by atoms with Gasteiger partial charge in [0.15, 0.2) is 17.5 Å². The van der Waals surface area contributed by atoms with E-state index in [-0.39, 0.29) is 5.69 Å². The van der Waals surface area contributed by atoms with Crippen molar-refractivity contribution in [2.75, 3.05) is 37.8 Å². The van der Waals surface area contributed by atoms with E-state index in [4.69, 9.17) is 0 Å². The SMILES string of the molecule is CN(C)CCNc1nc(Nc2ccc(F)c(F)c2F)cc(C2CC2)n1. The molecule has 5 nitrogen and oxygen atoms in total. The summed E-state index contributed by atoms with van der Waals surface area (Å²) < 4.78 is 40.3. The first-order valence-corrected chi connectivity index (χ1v) is 8.12. The van der Waals surface area contributed by atoms with Crippen LogP contribution in [0.15, 0.2) is 18.2 Å². The summed E-state index contributed by atoms with van der Waals surface area (Å²) in [5.74, 6) is -2.87. The van der Waals surface area contributed by atoms with Crippen molar-refractivity contribution in [2.24, 2.45) is 0 Å². The highest BCUT2D eigenvalue weighted by Crippen LogP contribution is 2.40. The Morgan fingerprint density at radius 1 is 1.12 bits per heavy atom. The Bertz CT molecular complexity index is 762. The van der Waals surface area contributed by atoms with Gasteiger partial charge in [-0.25, -0.2) is 18.2 Å². The molecule has 1 aromatic heterocycles. The monoisotopic (exact) mass is 351 g/mol. The zero-order chi connectivity index (χ0) is 18.0. The van der Waals surface area contributed by atoms with E-state index in [0.717, 1.165) is 37.2 Å². The van der Waals surface area contributed by atoms with E-state index in [1.54, 1.807) is 6.07 Å². The van der Waals surface area contributed by atoms with Crippen molar-refractivity contribution < 1.29 is 13.2 Å². The molecule has 3 rings (SSSR count). The maximum Gasteiger partial charge on any atom is 0.224 e. The number of aromatic nitrogens is 2. The van der Waals surface area contributed by atoms with Crippen LogP contribution in [0.3, 0.4) is 0 Å². The van der Waals surface area contributed by atoms with E-state index in [0.29, 0.717) is 24.2 Å². The van der Waals surface area contributed by atoms with Gasteiger partial charge in [0.1, 0.15) is 5.82 Å². The van der Waals surface area contributed by atoms with Crippen LogP contribution in [-0.4, -0.2) is 42.1 Å². The Morgan fingerprint density at radius 2 is 1.88 bits per heavy atom. The van der Waals surface area contributed by atoms with Gasteiger partial charge in [0.25, 0.3) is 0 Å². The van der Waals surface area contributed by atoms with Crippen LogP contribution in [0.1, 0.15) is 24.5 Å². The molecule has 1 aliphatic rings. The number of halogens is 3. The molecule has 25 heavy (non-hydrogen) atoms. The van der Waals surface area contributed by atoms with Crippen LogP contribution in [0.5, 0.6) is 0 Å². The quantitative estimate of drug-likeness (QED) is 0.748. The molecular formula is C17H20F3N5. The molecule has 0 bridgehead atoms. The molecule has 2 N–H and O–H groups in total. The van der Waals surface area contributed by atoms with Gasteiger partial charge in [-0.1, -0.05) is 0 Å². The standard InChI is InChI=1S/C17H20F3N5/c1-25(2)8-7-21-17-23-13(10-3-4-10)9-14(24-17)22-12-6-5-11(18)15(19)16(12)20/h5-6,9-10H,3-4,7-8H2,1-2H3,(H2,21,22,23,24). The fourth-order valence-electron chi connectivity index (χ4n) is 2.35. The van der Waals surface area contributed by atoms with Crippen molar-refractivity contribution in [3.05, 3.63) is 41.3 Å². The molecule has 0 radical (unpaired) electrons. The number of nitrogens with zero attached hydrogens (tertiary/aromatic N) is 3. The van der Waals surface area contributed by atoms with Gasteiger partial charge in [0.2, 0.25) is 5.95 Å². The number of likely N-dealkylation sites (N-methyl/N-ethyl adjacent to an activating group) is 1. The molecule has 2 aromatic rings. The van der Waals surface area contributed by atoms with E-state index >= 15 is 0 Å². The first-order chi connectivity index (χ1) is 11.9. The van der Waals surface area contributed by atoms with E-state index in [2.05, 4.69) is 20.6 Å². The first-order valence-electron chi connectivity index (χ1n) is 8.12. The Balaban J connectivity index is 1.82. The van der Waals surface area contributed by atoms with Gasteiger partial charge >= 0.3 is 0 Å². The topological polar surface area (TPSA) is 53.1 Å². The minimum Gasteiger partial charge on any atom is -0.353 e. The van der Waals surface area contributed by atoms with Crippen molar-refractivity contribution in [3.63, 3.8) is 0 Å². The zero-order valence-electron chi connectivity index (χ0n) is 14.1. The van der Waals surface area contributed by atoms with Gasteiger partial charge < -0.3 is 15.5 Å². The molecule has 0 spiro atoms. The number of anilines is 3. The van der Waals surface area contributed by atoms with Gasteiger partial charge in [0, 0.05) is 25.1 Å². The number of benzene rings is 1. The second-order valence-corrected chi connectivity index (χ2v) is 6.35. The summed E-state index contributed by atoms with van der Waals surface area (Å²) in [6.07, 6.45) is 2.10. The highest BCUT2D eigenvalue weighted by atomic mass is 19.2. The Labute approximate surface area is 144 Å². The maximum absolute atomic E-state index is 13.9. The van der Waals surface area contributed by atoms with Crippen LogP contribution in [-0.2, 0) is 0 Å². The Hall–Kier alpha value is -2.35. The lowest BCUT2D eigenvalue weighted by Crippen LogP contribution is -2.21. The summed E-state index contributed by atoms with van der Waals surface area (Å²) in [6.45, 7) is 1.46. The fourth-order valence-corrected chi connectivity index (χ4v) is 2.35. The van der Waals surface area contributed by atoms with Gasteiger partial charge in [0.05, 0.1) is 11.4 Å². The zero-order valence-corrected chi connectivity index (χ0v) is 14.1. The van der Waals surface area contributed by atoms with Crippen LogP contribution < -0.4 is 10.6 Å². The molecule has 0 aliphatic heterocycles. The molecule has 8 heteroatoms. The summed E-state index contributed by atoms with van der Waals surface area (Å²) in [5, 5.41) is 5.85. The largest absolute Gasteiger partial charge is 0.353 e. The average molecular weight is 351 g/mol. The minimum absolute atomic E-state index is 0.168. The molecule has 0 unspecified atom stereocenters. The average Bonchev–Trinajstić information content (AvgIpc) is 3.40. The minimum atomic E-state index is -1.51. The van der Waals surface area contributed by atoms with Crippen LogP contribution in [0.4, 0.5) is 30.6 Å². The highest BCUT2D eigenvalue weighted by Gasteiger charge is 2.26. The molecule has 0 atom stereocenters. The van der Waals surface area contributed by atoms with Crippen molar-refractivity contribution in [2.45, 2.75) is 18.8 Å². The van der Waals surface area contributed by atoms with E-state index in [9.17, 15) is 13.2 Å². The Kier molecular flexibility index (Phi) is 5.08. The van der Waals surface area contributed by atoms with E-state index in [1.807, 2.05) is 19.0 Å². The molecule has 1 fully saturated rings. The third-order valence-corrected chi connectivity index (χ3v) is 3.88. The number of rotatable bonds is 7.